The second-order valence-corrected chi connectivity index (χ2v) is 7.18. The monoisotopic (exact) mass is 344 g/mol. The summed E-state index contributed by atoms with van der Waals surface area (Å²) in [6.07, 6.45) is -0.292. The van der Waals surface area contributed by atoms with Crippen molar-refractivity contribution in [1.82, 2.24) is 20.0 Å². The van der Waals surface area contributed by atoms with Gasteiger partial charge in [-0.1, -0.05) is 17.7 Å². The molecule has 0 unspecified atom stereocenters. The number of aryl methyl sites for hydroxylation is 1. The smallest absolute Gasteiger partial charge is 0.247 e. The molecule has 1 fully saturated rings. The number of benzene rings is 1. The Hall–Kier alpha value is -1.76. The van der Waals surface area contributed by atoms with Crippen LogP contribution in [0.3, 0.4) is 0 Å². The number of hydrogen-bond acceptors (Lipinski definition) is 6. The predicted molar refractivity (Wildman–Crippen MR) is 97.2 cm³/mol. The van der Waals surface area contributed by atoms with Gasteiger partial charge in [0, 0.05) is 37.8 Å². The van der Waals surface area contributed by atoms with Gasteiger partial charge in [-0.25, -0.2) is 0 Å². The highest BCUT2D eigenvalue weighted by molar-refractivity contribution is 5.52. The second-order valence-electron chi connectivity index (χ2n) is 7.18. The summed E-state index contributed by atoms with van der Waals surface area (Å²) in [5.74, 6) is 1.23. The van der Waals surface area contributed by atoms with Crippen molar-refractivity contribution >= 4 is 0 Å². The van der Waals surface area contributed by atoms with Gasteiger partial charge in [-0.15, -0.1) is 10.2 Å². The molecule has 0 radical (unpaired) electrons. The van der Waals surface area contributed by atoms with Gasteiger partial charge >= 0.3 is 0 Å². The fraction of sp³-hybridized carbons (Fsp3) is 0.579. The van der Waals surface area contributed by atoms with Crippen LogP contribution in [0.25, 0.3) is 11.5 Å². The number of hydrogen-bond donors (Lipinski definition) is 1. The molecule has 0 saturated carbocycles. The molecule has 25 heavy (non-hydrogen) atoms. The molecule has 1 saturated heterocycles. The lowest BCUT2D eigenvalue weighted by atomic mass is 10.1. The highest BCUT2D eigenvalue weighted by atomic mass is 16.4. The average molecular weight is 344 g/mol. The van der Waals surface area contributed by atoms with Gasteiger partial charge in [0.1, 0.15) is 0 Å². The Labute approximate surface area is 149 Å². The summed E-state index contributed by atoms with van der Waals surface area (Å²) in [5, 5.41) is 18.1. The number of β-amino-alcohol motifs (C(OH)–C–C–N with tert-alkyl or cyclic N) is 1. The lowest BCUT2D eigenvalue weighted by Gasteiger charge is -2.42. The van der Waals surface area contributed by atoms with Gasteiger partial charge in [0.15, 0.2) is 0 Å². The second kappa shape index (κ2) is 7.64. The quantitative estimate of drug-likeness (QED) is 0.899. The van der Waals surface area contributed by atoms with Gasteiger partial charge in [-0.3, -0.25) is 9.80 Å². The fourth-order valence-corrected chi connectivity index (χ4v) is 3.36. The number of rotatable bonds is 5. The fourth-order valence-electron chi connectivity index (χ4n) is 3.36. The average Bonchev–Trinajstić information content (AvgIpc) is 3.06. The molecular formula is C19H28N4O2. The maximum absolute atomic E-state index is 9.62. The van der Waals surface area contributed by atoms with Crippen molar-refractivity contribution in [2.75, 3.05) is 26.2 Å². The molecule has 0 aliphatic carbocycles. The van der Waals surface area contributed by atoms with Crippen LogP contribution in [0.1, 0.15) is 38.3 Å². The first-order valence-electron chi connectivity index (χ1n) is 9.00. The number of piperazine rings is 1. The van der Waals surface area contributed by atoms with E-state index in [2.05, 4.69) is 40.8 Å². The van der Waals surface area contributed by atoms with Crippen LogP contribution in [0.2, 0.25) is 0 Å². The Balaban J connectivity index is 1.66. The minimum Gasteiger partial charge on any atom is -0.419 e. The van der Waals surface area contributed by atoms with Crippen LogP contribution in [0.15, 0.2) is 28.7 Å². The van der Waals surface area contributed by atoms with Gasteiger partial charge in [0.05, 0.1) is 12.1 Å². The van der Waals surface area contributed by atoms with Crippen LogP contribution in [0.5, 0.6) is 0 Å². The van der Waals surface area contributed by atoms with Crippen LogP contribution in [-0.2, 0) is 0 Å². The van der Waals surface area contributed by atoms with E-state index in [0.717, 1.165) is 31.7 Å². The van der Waals surface area contributed by atoms with E-state index in [0.29, 0.717) is 17.8 Å². The number of nitrogens with zero attached hydrogens (tertiary/aromatic N) is 4. The molecule has 3 rings (SSSR count). The third kappa shape index (κ3) is 4.26. The Kier molecular flexibility index (Phi) is 5.51. The zero-order valence-corrected chi connectivity index (χ0v) is 15.5. The summed E-state index contributed by atoms with van der Waals surface area (Å²) in [5.41, 5.74) is 2.16. The first-order valence-corrected chi connectivity index (χ1v) is 9.00. The summed E-state index contributed by atoms with van der Waals surface area (Å²) < 4.78 is 5.93. The van der Waals surface area contributed by atoms with Gasteiger partial charge in [-0.2, -0.15) is 0 Å². The predicted octanol–water partition coefficient (Wildman–Crippen LogP) is 2.49. The van der Waals surface area contributed by atoms with Gasteiger partial charge in [0.2, 0.25) is 11.8 Å². The van der Waals surface area contributed by atoms with Gasteiger partial charge in [0.25, 0.3) is 0 Å². The van der Waals surface area contributed by atoms with Crippen molar-refractivity contribution in [3.8, 4) is 11.5 Å². The van der Waals surface area contributed by atoms with E-state index in [9.17, 15) is 5.11 Å². The summed E-state index contributed by atoms with van der Waals surface area (Å²) >= 11 is 0. The van der Waals surface area contributed by atoms with Crippen molar-refractivity contribution < 1.29 is 9.52 Å². The van der Waals surface area contributed by atoms with Crippen molar-refractivity contribution in [2.45, 2.75) is 45.9 Å². The molecular weight excluding hydrogens is 316 g/mol. The molecule has 6 nitrogen and oxygen atoms in total. The molecule has 1 aliphatic rings. The van der Waals surface area contributed by atoms with E-state index >= 15 is 0 Å². The molecule has 136 valence electrons. The summed E-state index contributed by atoms with van der Waals surface area (Å²) in [6, 6.07) is 8.59. The molecule has 1 N–H and O–H groups in total. The molecule has 0 amide bonds. The topological polar surface area (TPSA) is 65.6 Å². The van der Waals surface area contributed by atoms with E-state index < -0.39 is 0 Å². The number of aromatic nitrogens is 2. The van der Waals surface area contributed by atoms with Crippen LogP contribution < -0.4 is 0 Å². The zero-order chi connectivity index (χ0) is 18.0. The van der Waals surface area contributed by atoms with Crippen molar-refractivity contribution in [3.63, 3.8) is 0 Å². The lowest BCUT2D eigenvalue weighted by Crippen LogP contribution is -2.53. The summed E-state index contributed by atoms with van der Waals surface area (Å²) in [6.45, 7) is 11.7. The molecule has 0 spiro atoms. The van der Waals surface area contributed by atoms with Crippen molar-refractivity contribution in [3.05, 3.63) is 35.7 Å². The Bertz CT molecular complexity index is 683. The normalized spacial score (nSPS) is 22.0. The Morgan fingerprint density at radius 3 is 2.56 bits per heavy atom. The first kappa shape index (κ1) is 18.0. The maximum atomic E-state index is 9.62. The SMILES string of the molecule is Cc1ccc(-c2nnc([C@H](C)N3CCN(C[C@@H](C)O)[C@H](C)C3)o2)cc1. The standard InChI is InChI=1S/C19H28N4O2/c1-13-5-7-17(8-6-13)19-21-20-18(25-19)16(4)23-10-9-22(12-15(3)24)14(2)11-23/h5-8,14-16,24H,9-12H2,1-4H3/t14-,15-,16+/m1/s1. The molecule has 2 heterocycles. The van der Waals surface area contributed by atoms with Crippen LogP contribution in [0.4, 0.5) is 0 Å². The number of aliphatic hydroxyl groups excluding tert-OH is 1. The third-order valence-electron chi connectivity index (χ3n) is 4.94. The minimum atomic E-state index is -0.292. The van der Waals surface area contributed by atoms with Crippen LogP contribution >= 0.6 is 0 Å². The van der Waals surface area contributed by atoms with Crippen LogP contribution in [-0.4, -0.2) is 63.4 Å². The zero-order valence-electron chi connectivity index (χ0n) is 15.5. The molecule has 0 bridgehead atoms. The van der Waals surface area contributed by atoms with Crippen molar-refractivity contribution in [1.29, 1.82) is 0 Å². The first-order chi connectivity index (χ1) is 11.9. The largest absolute Gasteiger partial charge is 0.419 e. The van der Waals surface area contributed by atoms with E-state index in [4.69, 9.17) is 4.42 Å². The molecule has 1 aromatic carbocycles. The van der Waals surface area contributed by atoms with Gasteiger partial charge < -0.3 is 9.52 Å². The highest BCUT2D eigenvalue weighted by Crippen LogP contribution is 2.26. The van der Waals surface area contributed by atoms with Crippen molar-refractivity contribution in [2.24, 2.45) is 0 Å². The summed E-state index contributed by atoms with van der Waals surface area (Å²) in [7, 11) is 0. The molecule has 6 heteroatoms. The van der Waals surface area contributed by atoms with E-state index in [1.54, 1.807) is 0 Å². The maximum Gasteiger partial charge on any atom is 0.247 e. The van der Waals surface area contributed by atoms with E-state index in [-0.39, 0.29) is 12.1 Å². The molecule has 1 aliphatic heterocycles. The van der Waals surface area contributed by atoms with E-state index in [1.165, 1.54) is 5.56 Å². The third-order valence-corrected chi connectivity index (χ3v) is 4.94. The minimum absolute atomic E-state index is 0.0860. The summed E-state index contributed by atoms with van der Waals surface area (Å²) in [4.78, 5) is 4.70. The highest BCUT2D eigenvalue weighted by Gasteiger charge is 2.30. The van der Waals surface area contributed by atoms with Gasteiger partial charge in [-0.05, 0) is 39.8 Å². The molecule has 1 aromatic heterocycles. The Morgan fingerprint density at radius 2 is 1.92 bits per heavy atom. The molecule has 3 atom stereocenters. The van der Waals surface area contributed by atoms with Crippen LogP contribution in [0, 0.1) is 6.92 Å². The lowest BCUT2D eigenvalue weighted by molar-refractivity contribution is 0.0257. The van der Waals surface area contributed by atoms with E-state index in [1.807, 2.05) is 31.2 Å². The number of aliphatic hydroxyl groups is 1. The Morgan fingerprint density at radius 1 is 1.20 bits per heavy atom. The molecule has 2 aromatic rings.